The predicted molar refractivity (Wildman–Crippen MR) is 99.5 cm³/mol. The SMILES string of the molecule is Cc1ccc(OCC(=O)/C(C#N)=C2\Sc3ccccc3N2C)c([N+](=O)[O-])n1. The lowest BCUT2D eigenvalue weighted by Crippen LogP contribution is -2.19. The molecular weight excluding hydrogens is 368 g/mol. The standard InChI is InChI=1S/C18H14N4O4S/c1-11-7-8-15(17(20-11)22(24)25)26-10-14(23)12(9-19)18-21(2)13-5-3-4-6-16(13)27-18/h3-8H,10H2,1-2H3/b18-12-. The zero-order valence-corrected chi connectivity index (χ0v) is 15.3. The molecule has 0 atom stereocenters. The van der Waals surface area contributed by atoms with E-state index in [2.05, 4.69) is 4.98 Å². The van der Waals surface area contributed by atoms with Crippen LogP contribution in [0.3, 0.4) is 0 Å². The molecule has 0 unspecified atom stereocenters. The Labute approximate surface area is 159 Å². The van der Waals surface area contributed by atoms with Crippen LogP contribution in [0, 0.1) is 28.4 Å². The van der Waals surface area contributed by atoms with Crippen LogP contribution < -0.4 is 9.64 Å². The van der Waals surface area contributed by atoms with Gasteiger partial charge in [0, 0.05) is 18.9 Å². The monoisotopic (exact) mass is 382 g/mol. The largest absolute Gasteiger partial charge is 0.477 e. The Morgan fingerprint density at radius 2 is 2.11 bits per heavy atom. The number of pyridine rings is 1. The van der Waals surface area contributed by atoms with Crippen LogP contribution in [0.15, 0.2) is 51.9 Å². The molecular formula is C18H14N4O4S. The van der Waals surface area contributed by atoms with Crippen LogP contribution in [0.5, 0.6) is 5.75 Å². The molecule has 2 heterocycles. The van der Waals surface area contributed by atoms with Crippen molar-refractivity contribution in [1.29, 1.82) is 5.26 Å². The van der Waals surface area contributed by atoms with Gasteiger partial charge in [-0.15, -0.1) is 0 Å². The van der Waals surface area contributed by atoms with E-state index in [1.807, 2.05) is 30.3 Å². The minimum atomic E-state index is -0.673. The zero-order chi connectivity index (χ0) is 19.6. The molecule has 0 bridgehead atoms. The zero-order valence-electron chi connectivity index (χ0n) is 14.5. The van der Waals surface area contributed by atoms with Crippen LogP contribution in [0.4, 0.5) is 11.5 Å². The molecule has 2 aromatic rings. The number of nitrogens with zero attached hydrogens (tertiary/aromatic N) is 4. The van der Waals surface area contributed by atoms with Crippen molar-refractivity contribution in [2.45, 2.75) is 11.8 Å². The summed E-state index contributed by atoms with van der Waals surface area (Å²) in [5.74, 6) is -1.14. The van der Waals surface area contributed by atoms with Crippen molar-refractivity contribution in [3.8, 4) is 11.8 Å². The normalized spacial score (nSPS) is 14.3. The maximum atomic E-state index is 12.5. The predicted octanol–water partition coefficient (Wildman–Crippen LogP) is 3.22. The summed E-state index contributed by atoms with van der Waals surface area (Å²) in [6, 6.07) is 12.4. The Kier molecular flexibility index (Phi) is 5.09. The van der Waals surface area contributed by atoms with E-state index >= 15 is 0 Å². The van der Waals surface area contributed by atoms with E-state index in [1.54, 1.807) is 24.9 Å². The topological polar surface area (TPSA) is 109 Å². The third-order valence-electron chi connectivity index (χ3n) is 3.85. The van der Waals surface area contributed by atoms with Crippen molar-refractivity contribution in [1.82, 2.24) is 4.98 Å². The van der Waals surface area contributed by atoms with Gasteiger partial charge in [-0.05, 0) is 34.2 Å². The van der Waals surface area contributed by atoms with Crippen LogP contribution >= 0.6 is 11.8 Å². The van der Waals surface area contributed by atoms with Crippen molar-refractivity contribution in [2.24, 2.45) is 0 Å². The highest BCUT2D eigenvalue weighted by Gasteiger charge is 2.28. The van der Waals surface area contributed by atoms with Gasteiger partial charge in [0.25, 0.3) is 0 Å². The van der Waals surface area contributed by atoms with Gasteiger partial charge in [-0.25, -0.2) is 0 Å². The van der Waals surface area contributed by atoms with E-state index in [-0.39, 0.29) is 11.3 Å². The molecule has 0 N–H and O–H groups in total. The number of benzene rings is 1. The summed E-state index contributed by atoms with van der Waals surface area (Å²) in [6.45, 7) is 1.12. The number of thioether (sulfide) groups is 1. The fraction of sp³-hybridized carbons (Fsp3) is 0.167. The van der Waals surface area contributed by atoms with Crippen molar-refractivity contribution in [3.63, 3.8) is 0 Å². The molecule has 0 saturated carbocycles. The van der Waals surface area contributed by atoms with E-state index in [0.29, 0.717) is 10.7 Å². The van der Waals surface area contributed by atoms with Crippen LogP contribution in [0.25, 0.3) is 0 Å². The molecule has 0 radical (unpaired) electrons. The molecule has 0 saturated heterocycles. The fourth-order valence-corrected chi connectivity index (χ4v) is 3.70. The molecule has 9 heteroatoms. The lowest BCUT2D eigenvalue weighted by molar-refractivity contribution is -0.390. The minimum Gasteiger partial charge on any atom is -0.477 e. The number of anilines is 1. The summed E-state index contributed by atoms with van der Waals surface area (Å²) < 4.78 is 5.30. The Bertz CT molecular complexity index is 1010. The van der Waals surface area contributed by atoms with E-state index < -0.39 is 23.1 Å². The second-order valence-electron chi connectivity index (χ2n) is 5.66. The van der Waals surface area contributed by atoms with Gasteiger partial charge in [-0.3, -0.25) is 4.79 Å². The third-order valence-corrected chi connectivity index (χ3v) is 5.09. The van der Waals surface area contributed by atoms with Crippen LogP contribution in [-0.4, -0.2) is 29.3 Å². The summed E-state index contributed by atoms with van der Waals surface area (Å²) in [7, 11) is 1.77. The van der Waals surface area contributed by atoms with Crippen LogP contribution in [0.1, 0.15) is 5.69 Å². The van der Waals surface area contributed by atoms with Gasteiger partial charge in [0.05, 0.1) is 5.69 Å². The molecule has 1 aliphatic rings. The summed E-state index contributed by atoms with van der Waals surface area (Å²) in [5, 5.41) is 21.1. The number of aryl methyl sites for hydroxylation is 1. The molecule has 0 spiro atoms. The smallest absolute Gasteiger partial charge is 0.406 e. The van der Waals surface area contributed by atoms with E-state index in [4.69, 9.17) is 4.74 Å². The number of hydrogen-bond acceptors (Lipinski definition) is 8. The molecule has 1 aromatic heterocycles. The number of fused-ring (bicyclic) bond motifs is 1. The highest BCUT2D eigenvalue weighted by Crippen LogP contribution is 2.46. The van der Waals surface area contributed by atoms with Crippen molar-refractivity contribution >= 4 is 29.1 Å². The molecule has 3 rings (SSSR count). The quantitative estimate of drug-likeness (QED) is 0.335. The van der Waals surface area contributed by atoms with E-state index in [0.717, 1.165) is 10.6 Å². The van der Waals surface area contributed by atoms with Crippen molar-refractivity contribution in [3.05, 3.63) is 62.8 Å². The van der Waals surface area contributed by atoms with Gasteiger partial charge in [0.2, 0.25) is 11.5 Å². The number of carbonyl (C=O) groups excluding carboxylic acids is 1. The number of ketones is 1. The van der Waals surface area contributed by atoms with Gasteiger partial charge >= 0.3 is 5.82 Å². The first-order chi connectivity index (χ1) is 12.9. The van der Waals surface area contributed by atoms with Gasteiger partial charge in [0.15, 0.2) is 6.61 Å². The fourth-order valence-electron chi connectivity index (χ4n) is 2.54. The summed E-state index contributed by atoms with van der Waals surface area (Å²) in [4.78, 5) is 29.5. The first-order valence-electron chi connectivity index (χ1n) is 7.85. The average Bonchev–Trinajstić information content (AvgIpc) is 2.98. The summed E-state index contributed by atoms with van der Waals surface area (Å²) in [5.41, 5.74) is 1.31. The van der Waals surface area contributed by atoms with E-state index in [9.17, 15) is 20.2 Å². The number of ether oxygens (including phenoxy) is 1. The van der Waals surface area contributed by atoms with Gasteiger partial charge in [-0.2, -0.15) is 5.26 Å². The van der Waals surface area contributed by atoms with Gasteiger partial charge in [-0.1, -0.05) is 23.9 Å². The number of para-hydroxylation sites is 1. The number of rotatable bonds is 5. The van der Waals surface area contributed by atoms with Crippen LogP contribution in [-0.2, 0) is 4.79 Å². The number of nitriles is 1. The molecule has 136 valence electrons. The summed E-state index contributed by atoms with van der Waals surface area (Å²) >= 11 is 1.32. The third kappa shape index (κ3) is 3.61. The van der Waals surface area contributed by atoms with Crippen LogP contribution in [0.2, 0.25) is 0 Å². The Hall–Kier alpha value is -3.38. The van der Waals surface area contributed by atoms with Crippen molar-refractivity contribution < 1.29 is 14.5 Å². The maximum absolute atomic E-state index is 12.5. The number of hydrogen-bond donors (Lipinski definition) is 0. The molecule has 27 heavy (non-hydrogen) atoms. The molecule has 0 amide bonds. The number of carbonyl (C=O) groups is 1. The first kappa shape index (κ1) is 18.4. The van der Waals surface area contributed by atoms with Gasteiger partial charge in [0.1, 0.15) is 22.4 Å². The molecule has 1 aromatic carbocycles. The highest BCUT2D eigenvalue weighted by atomic mass is 32.2. The highest BCUT2D eigenvalue weighted by molar-refractivity contribution is 8.03. The Morgan fingerprint density at radius 3 is 2.78 bits per heavy atom. The number of aromatic nitrogens is 1. The minimum absolute atomic E-state index is 0.0542. The lowest BCUT2D eigenvalue weighted by atomic mass is 10.2. The second kappa shape index (κ2) is 7.47. The Morgan fingerprint density at radius 1 is 1.37 bits per heavy atom. The molecule has 8 nitrogen and oxygen atoms in total. The molecule has 0 aliphatic carbocycles. The van der Waals surface area contributed by atoms with E-state index in [1.165, 1.54) is 17.8 Å². The summed E-state index contributed by atoms with van der Waals surface area (Å²) in [6.07, 6.45) is 0. The Balaban J connectivity index is 1.82. The maximum Gasteiger partial charge on any atom is 0.406 e. The molecule has 0 fully saturated rings. The average molecular weight is 382 g/mol. The van der Waals surface area contributed by atoms with Crippen molar-refractivity contribution in [2.75, 3.05) is 18.6 Å². The second-order valence-corrected chi connectivity index (χ2v) is 6.69. The first-order valence-corrected chi connectivity index (χ1v) is 8.67. The van der Waals surface area contributed by atoms with Gasteiger partial charge < -0.3 is 19.8 Å². The number of Topliss-reactive ketones (excluding diaryl/α,β-unsaturated/α-hetero) is 1. The lowest BCUT2D eigenvalue weighted by Gasteiger charge is -2.14. The number of nitro groups is 1. The molecule has 1 aliphatic heterocycles.